The first-order valence-corrected chi connectivity index (χ1v) is 8.37. The summed E-state index contributed by atoms with van der Waals surface area (Å²) in [6.45, 7) is 3.06. The molecule has 0 aliphatic heterocycles. The van der Waals surface area contributed by atoms with E-state index in [1.165, 1.54) is 6.92 Å². The van der Waals surface area contributed by atoms with Crippen molar-refractivity contribution in [2.75, 3.05) is 0 Å². The van der Waals surface area contributed by atoms with E-state index in [0.717, 1.165) is 0 Å². The maximum atomic E-state index is 11.7. The molecule has 5 atom stereocenters. The molecule has 152 valence electrons. The number of aliphatic carboxylic acids is 2. The summed E-state index contributed by atoms with van der Waals surface area (Å²) in [7, 11) is 0. The van der Waals surface area contributed by atoms with Crippen LogP contribution in [-0.4, -0.2) is 44.2 Å². The van der Waals surface area contributed by atoms with E-state index in [1.807, 2.05) is 6.07 Å². The highest BCUT2D eigenvalue weighted by Gasteiger charge is 2.31. The zero-order chi connectivity index (χ0) is 21.1. The van der Waals surface area contributed by atoms with Crippen LogP contribution in [0.25, 0.3) is 0 Å². The number of carboxylic acids is 2. The third kappa shape index (κ3) is 8.26. The third-order valence-corrected chi connectivity index (χ3v) is 4.47. The van der Waals surface area contributed by atoms with Gasteiger partial charge in [-0.05, 0) is 32.6 Å². The number of hydrogen-bond acceptors (Lipinski definition) is 7. The molecule has 0 amide bonds. The Bertz CT molecular complexity index is 615. The second kappa shape index (κ2) is 11.6. The molecule has 0 saturated carbocycles. The Morgan fingerprint density at radius 1 is 0.889 bits per heavy atom. The number of hydrogen-bond donors (Lipinski definition) is 6. The second-order valence-electron chi connectivity index (χ2n) is 6.69. The SMILES string of the molecule is CC(C#N)CC(CC(CC(CC(C)C(=O)O)/C(N)=N/O)C(=O)O)/C(N)=N/O. The van der Waals surface area contributed by atoms with Gasteiger partial charge in [-0.25, -0.2) is 0 Å². The van der Waals surface area contributed by atoms with Gasteiger partial charge < -0.3 is 32.1 Å². The largest absolute Gasteiger partial charge is 0.481 e. The number of rotatable bonds is 12. The molecule has 0 aromatic rings. The lowest BCUT2D eigenvalue weighted by Gasteiger charge is -2.25. The van der Waals surface area contributed by atoms with E-state index in [4.69, 9.17) is 32.3 Å². The molecule has 0 saturated heterocycles. The van der Waals surface area contributed by atoms with Crippen LogP contribution in [0.2, 0.25) is 0 Å². The van der Waals surface area contributed by atoms with Crippen LogP contribution in [0.15, 0.2) is 10.3 Å². The smallest absolute Gasteiger partial charge is 0.306 e. The molecule has 27 heavy (non-hydrogen) atoms. The highest BCUT2D eigenvalue weighted by molar-refractivity contribution is 5.84. The first-order valence-electron chi connectivity index (χ1n) is 8.37. The highest BCUT2D eigenvalue weighted by Crippen LogP contribution is 2.28. The van der Waals surface area contributed by atoms with Crippen LogP contribution in [0.4, 0.5) is 0 Å². The average Bonchev–Trinajstić information content (AvgIpc) is 2.63. The van der Waals surface area contributed by atoms with Crippen molar-refractivity contribution in [2.45, 2.75) is 39.5 Å². The van der Waals surface area contributed by atoms with E-state index in [0.29, 0.717) is 0 Å². The molecule has 11 nitrogen and oxygen atoms in total. The Morgan fingerprint density at radius 3 is 1.67 bits per heavy atom. The molecule has 0 bridgehead atoms. The van der Waals surface area contributed by atoms with Crippen molar-refractivity contribution in [2.24, 2.45) is 51.4 Å². The van der Waals surface area contributed by atoms with Gasteiger partial charge in [0.2, 0.25) is 0 Å². The van der Waals surface area contributed by atoms with Gasteiger partial charge in [-0.3, -0.25) is 9.59 Å². The lowest BCUT2D eigenvalue weighted by atomic mass is 9.80. The number of oxime groups is 2. The molecule has 0 heterocycles. The molecule has 8 N–H and O–H groups in total. The quantitative estimate of drug-likeness (QED) is 0.121. The van der Waals surface area contributed by atoms with Crippen molar-refractivity contribution in [3.8, 4) is 6.07 Å². The van der Waals surface area contributed by atoms with Gasteiger partial charge in [0.1, 0.15) is 11.7 Å². The first kappa shape index (κ1) is 24.0. The predicted octanol–water partition coefficient (Wildman–Crippen LogP) is 0.853. The summed E-state index contributed by atoms with van der Waals surface area (Å²) < 4.78 is 0. The minimum atomic E-state index is -1.19. The number of amidine groups is 2. The fourth-order valence-corrected chi connectivity index (χ4v) is 2.83. The molecular weight excluding hydrogens is 358 g/mol. The van der Waals surface area contributed by atoms with Crippen molar-refractivity contribution in [1.29, 1.82) is 5.26 Å². The van der Waals surface area contributed by atoms with Crippen LogP contribution in [0.1, 0.15) is 39.5 Å². The highest BCUT2D eigenvalue weighted by atomic mass is 16.4. The van der Waals surface area contributed by atoms with E-state index in [1.54, 1.807) is 6.92 Å². The molecule has 5 unspecified atom stereocenters. The molecule has 0 radical (unpaired) electrons. The number of nitriles is 1. The summed E-state index contributed by atoms with van der Waals surface area (Å²) in [5.74, 6) is -6.50. The predicted molar refractivity (Wildman–Crippen MR) is 95.0 cm³/mol. The lowest BCUT2D eigenvalue weighted by Crippen LogP contribution is -2.34. The number of nitrogens with two attached hydrogens (primary N) is 2. The normalized spacial score (nSPS) is 18.0. The van der Waals surface area contributed by atoms with Gasteiger partial charge in [0.05, 0.1) is 17.9 Å². The number of carboxylic acid groups (broad SMARTS) is 2. The van der Waals surface area contributed by atoms with Crippen LogP contribution < -0.4 is 11.5 Å². The van der Waals surface area contributed by atoms with Crippen LogP contribution in [0.3, 0.4) is 0 Å². The summed E-state index contributed by atoms with van der Waals surface area (Å²) in [5.41, 5.74) is 11.3. The van der Waals surface area contributed by atoms with E-state index < -0.39 is 41.5 Å². The van der Waals surface area contributed by atoms with Crippen LogP contribution in [-0.2, 0) is 9.59 Å². The van der Waals surface area contributed by atoms with Crippen molar-refractivity contribution in [3.05, 3.63) is 0 Å². The fourth-order valence-electron chi connectivity index (χ4n) is 2.83. The topological polar surface area (TPSA) is 216 Å². The van der Waals surface area contributed by atoms with E-state index in [-0.39, 0.29) is 37.4 Å². The molecule has 11 heteroatoms. The first-order chi connectivity index (χ1) is 12.6. The molecule has 0 fully saturated rings. The Balaban J connectivity index is 5.49. The standard InChI is InChI=1S/C16H27N5O6/c1-8(7-17)3-10(13(18)20-26)5-12(16(24)25)6-11(14(19)21-27)4-9(2)15(22)23/h8-12,26-27H,3-6H2,1-2H3,(H2,18,20)(H2,19,21)(H,22,23)(H,24,25). The van der Waals surface area contributed by atoms with Gasteiger partial charge in [0.25, 0.3) is 0 Å². The molecule has 0 aromatic carbocycles. The van der Waals surface area contributed by atoms with E-state index >= 15 is 0 Å². The third-order valence-electron chi connectivity index (χ3n) is 4.47. The molecule has 0 spiro atoms. The second-order valence-corrected chi connectivity index (χ2v) is 6.69. The minimum Gasteiger partial charge on any atom is -0.481 e. The van der Waals surface area contributed by atoms with Gasteiger partial charge >= 0.3 is 11.9 Å². The van der Waals surface area contributed by atoms with Crippen LogP contribution in [0.5, 0.6) is 0 Å². The van der Waals surface area contributed by atoms with E-state index in [2.05, 4.69) is 10.3 Å². The van der Waals surface area contributed by atoms with E-state index in [9.17, 15) is 14.7 Å². The minimum absolute atomic E-state index is 0.0160. The van der Waals surface area contributed by atoms with Gasteiger partial charge in [0.15, 0.2) is 0 Å². The molecular formula is C16H27N5O6. The summed E-state index contributed by atoms with van der Waals surface area (Å²) >= 11 is 0. The zero-order valence-electron chi connectivity index (χ0n) is 15.3. The van der Waals surface area contributed by atoms with Crippen molar-refractivity contribution in [3.63, 3.8) is 0 Å². The summed E-state index contributed by atoms with van der Waals surface area (Å²) in [4.78, 5) is 22.8. The molecule has 0 aliphatic rings. The maximum absolute atomic E-state index is 11.7. The Hall–Kier alpha value is -3.03. The van der Waals surface area contributed by atoms with Gasteiger partial charge in [-0.2, -0.15) is 5.26 Å². The Morgan fingerprint density at radius 2 is 1.33 bits per heavy atom. The summed E-state index contributed by atoms with van der Waals surface area (Å²) in [6.07, 6.45) is 0.0285. The maximum Gasteiger partial charge on any atom is 0.306 e. The molecule has 0 rings (SSSR count). The fraction of sp³-hybridized carbons (Fsp3) is 0.688. The zero-order valence-corrected chi connectivity index (χ0v) is 15.3. The molecule has 0 aliphatic carbocycles. The van der Waals surface area contributed by atoms with Crippen molar-refractivity contribution < 1.29 is 30.2 Å². The Kier molecular flexibility index (Phi) is 10.3. The summed E-state index contributed by atoms with van der Waals surface area (Å²) in [5, 5.41) is 51.2. The molecule has 0 aromatic heterocycles. The van der Waals surface area contributed by atoms with Gasteiger partial charge in [-0.1, -0.05) is 17.2 Å². The monoisotopic (exact) mass is 385 g/mol. The van der Waals surface area contributed by atoms with Crippen LogP contribution in [0, 0.1) is 40.9 Å². The van der Waals surface area contributed by atoms with Gasteiger partial charge in [0, 0.05) is 17.8 Å². The van der Waals surface area contributed by atoms with Crippen molar-refractivity contribution in [1.82, 2.24) is 0 Å². The van der Waals surface area contributed by atoms with Crippen molar-refractivity contribution >= 4 is 23.6 Å². The number of nitrogens with zero attached hydrogens (tertiary/aromatic N) is 3. The van der Waals surface area contributed by atoms with Gasteiger partial charge in [-0.15, -0.1) is 0 Å². The average molecular weight is 385 g/mol. The summed E-state index contributed by atoms with van der Waals surface area (Å²) in [6, 6.07) is 2.01. The lowest BCUT2D eigenvalue weighted by molar-refractivity contribution is -0.142. The number of carbonyl (C=O) groups is 2. The van der Waals surface area contributed by atoms with Crippen LogP contribution >= 0.6 is 0 Å². The Labute approximate surface area is 156 Å².